The lowest BCUT2D eigenvalue weighted by atomic mass is 10.1. The second-order valence-corrected chi connectivity index (χ2v) is 5.30. The lowest BCUT2D eigenvalue weighted by Crippen LogP contribution is -2.50. The van der Waals surface area contributed by atoms with E-state index in [1.165, 1.54) is 0 Å². The minimum atomic E-state index is -0.910. The third-order valence-corrected chi connectivity index (χ3v) is 3.44. The van der Waals surface area contributed by atoms with Gasteiger partial charge in [-0.2, -0.15) is 0 Å². The number of carbonyl (C=O) groups is 2. The molecule has 0 aromatic carbocycles. The molecule has 1 rings (SSSR count). The Morgan fingerprint density at radius 3 is 2.80 bits per heavy atom. The molecule has 0 saturated carbocycles. The van der Waals surface area contributed by atoms with Crippen molar-refractivity contribution in [3.05, 3.63) is 20.6 Å². The van der Waals surface area contributed by atoms with E-state index in [0.29, 0.717) is 19.4 Å². The first kappa shape index (κ1) is 19.9. The number of nitrogens with one attached hydrogen (secondary N) is 3. The molecule has 1 fully saturated rings. The van der Waals surface area contributed by atoms with E-state index in [0.717, 1.165) is 0 Å². The second kappa shape index (κ2) is 9.89. The summed E-state index contributed by atoms with van der Waals surface area (Å²) in [6.07, 6.45) is 0.852. The normalized spacial score (nSPS) is 21.0. The van der Waals surface area contributed by atoms with Crippen LogP contribution in [-0.2, 0) is 9.59 Å². The molecular weight excluding hydrogens is 336 g/mol. The van der Waals surface area contributed by atoms with Crippen LogP contribution in [0.3, 0.4) is 0 Å². The van der Waals surface area contributed by atoms with E-state index >= 15 is 0 Å². The number of nitro groups is 1. The van der Waals surface area contributed by atoms with Gasteiger partial charge < -0.3 is 22.1 Å². The summed E-state index contributed by atoms with van der Waals surface area (Å²) in [5.74, 6) is -1.49. The fraction of sp³-hybridized carbons (Fsp3) is 0.727. The quantitative estimate of drug-likeness (QED) is 0.0450. The molecule has 0 aromatic heterocycles. The van der Waals surface area contributed by atoms with Crippen LogP contribution in [0.15, 0.2) is 10.1 Å². The number of carbonyl (C=O) groups excluding carboxylic acids is 2. The average Bonchev–Trinajstić information content (AvgIpc) is 2.98. The first-order valence-corrected chi connectivity index (χ1v) is 7.41. The number of rotatable bonds is 9. The maximum atomic E-state index is 12.1. The van der Waals surface area contributed by atoms with Gasteiger partial charge in [-0.1, -0.05) is 10.5 Å². The summed E-state index contributed by atoms with van der Waals surface area (Å²) in [5.41, 5.74) is 20.6. The van der Waals surface area contributed by atoms with E-state index < -0.39 is 28.9 Å². The first-order chi connectivity index (χ1) is 11.8. The van der Waals surface area contributed by atoms with Crippen molar-refractivity contribution in [3.8, 4) is 0 Å². The molecule has 3 atom stereocenters. The summed E-state index contributed by atoms with van der Waals surface area (Å²) in [4.78, 5) is 40.1. The predicted molar refractivity (Wildman–Crippen MR) is 86.3 cm³/mol. The van der Waals surface area contributed by atoms with Gasteiger partial charge in [0.05, 0.1) is 12.1 Å². The molecule has 14 heteroatoms. The Bertz CT molecular complexity index is 587. The maximum Gasteiger partial charge on any atom is 0.251 e. The zero-order chi connectivity index (χ0) is 18.8. The number of aliphatic imine (C=N–C) groups is 1. The van der Waals surface area contributed by atoms with E-state index in [4.69, 9.17) is 17.0 Å². The van der Waals surface area contributed by atoms with E-state index in [-0.39, 0.29) is 25.0 Å². The molecule has 0 spiro atoms. The highest BCUT2D eigenvalue weighted by Gasteiger charge is 2.30. The fourth-order valence-corrected chi connectivity index (χ4v) is 2.26. The van der Waals surface area contributed by atoms with Gasteiger partial charge in [0, 0.05) is 18.0 Å². The average molecular weight is 356 g/mol. The number of guanidine groups is 1. The molecule has 2 amide bonds. The van der Waals surface area contributed by atoms with Crippen LogP contribution in [0, 0.1) is 10.1 Å². The fourth-order valence-electron chi connectivity index (χ4n) is 2.26. The molecule has 1 aliphatic heterocycles. The third-order valence-electron chi connectivity index (χ3n) is 3.44. The molecule has 0 unspecified atom stereocenters. The highest BCUT2D eigenvalue weighted by Crippen LogP contribution is 2.11. The van der Waals surface area contributed by atoms with Gasteiger partial charge in [0.25, 0.3) is 5.96 Å². The van der Waals surface area contributed by atoms with Crippen molar-refractivity contribution >= 4 is 17.8 Å². The van der Waals surface area contributed by atoms with Crippen LogP contribution in [0.1, 0.15) is 19.3 Å². The zero-order valence-corrected chi connectivity index (χ0v) is 13.3. The number of hydrogen-bond donors (Lipinski definition) is 5. The van der Waals surface area contributed by atoms with Gasteiger partial charge in [-0.25, -0.2) is 15.1 Å². The van der Waals surface area contributed by atoms with Gasteiger partial charge in [-0.3, -0.25) is 9.59 Å². The summed E-state index contributed by atoms with van der Waals surface area (Å²) in [7, 11) is 0. The van der Waals surface area contributed by atoms with E-state index in [1.54, 1.807) is 5.43 Å². The molecule has 7 N–H and O–H groups in total. The van der Waals surface area contributed by atoms with Gasteiger partial charge in [0.15, 0.2) is 5.03 Å². The van der Waals surface area contributed by atoms with Crippen LogP contribution in [0.4, 0.5) is 0 Å². The second-order valence-electron chi connectivity index (χ2n) is 5.30. The summed E-state index contributed by atoms with van der Waals surface area (Å²) in [6.45, 7) is 0.494. The lowest BCUT2D eigenvalue weighted by Gasteiger charge is -2.18. The highest BCUT2D eigenvalue weighted by atomic mass is 16.7. The number of primary amides is 1. The molecule has 25 heavy (non-hydrogen) atoms. The van der Waals surface area contributed by atoms with Crippen molar-refractivity contribution in [1.29, 1.82) is 0 Å². The summed E-state index contributed by atoms with van der Waals surface area (Å²) in [5, 5.41) is 18.3. The molecule has 0 aliphatic carbocycles. The molecule has 1 heterocycles. The van der Waals surface area contributed by atoms with Gasteiger partial charge in [-0.05, 0) is 24.8 Å². The van der Waals surface area contributed by atoms with Gasteiger partial charge in [0.1, 0.15) is 6.04 Å². The Kier molecular flexibility index (Phi) is 7.89. The summed E-state index contributed by atoms with van der Waals surface area (Å²) in [6, 6.07) is -1.80. The maximum absolute atomic E-state index is 12.1. The Hall–Kier alpha value is -3.12. The standard InChI is InChI=1S/C11H20N10O4/c12-9(22)7(2-1-3-15-11(13)19-21(24)25)17-10(23)8-4-6(5-16-8)18-20-14/h6-8,16H,1-5H2,(H2,12,22)(H,17,23)(H3,13,15,19)/t6-,7+,8-/m1/s1. The topological polar surface area (TPSA) is 227 Å². The van der Waals surface area contributed by atoms with Gasteiger partial charge in [0.2, 0.25) is 11.8 Å². The molecule has 0 radical (unpaired) electrons. The molecular formula is C11H20N10O4. The molecule has 14 nitrogen and oxygen atoms in total. The van der Waals surface area contributed by atoms with Crippen molar-refractivity contribution in [2.45, 2.75) is 37.4 Å². The van der Waals surface area contributed by atoms with Gasteiger partial charge in [-0.15, -0.1) is 0 Å². The molecule has 0 aromatic rings. The molecule has 0 bridgehead atoms. The first-order valence-electron chi connectivity index (χ1n) is 7.41. The number of hydrogen-bond acceptors (Lipinski definition) is 7. The van der Waals surface area contributed by atoms with E-state index in [9.17, 15) is 19.7 Å². The van der Waals surface area contributed by atoms with Crippen molar-refractivity contribution < 1.29 is 14.6 Å². The van der Waals surface area contributed by atoms with Crippen LogP contribution in [0.5, 0.6) is 0 Å². The number of amides is 2. The Balaban J connectivity index is 2.44. The number of hydrazine groups is 1. The third kappa shape index (κ3) is 7.32. The Labute approximate surface area is 142 Å². The van der Waals surface area contributed by atoms with Crippen molar-refractivity contribution in [2.24, 2.45) is 21.6 Å². The van der Waals surface area contributed by atoms with Crippen LogP contribution >= 0.6 is 0 Å². The van der Waals surface area contributed by atoms with E-state index in [1.807, 2.05) is 0 Å². The predicted octanol–water partition coefficient (Wildman–Crippen LogP) is -2.13. The van der Waals surface area contributed by atoms with Gasteiger partial charge >= 0.3 is 0 Å². The van der Waals surface area contributed by atoms with Crippen molar-refractivity contribution in [1.82, 2.24) is 16.1 Å². The van der Waals surface area contributed by atoms with Crippen molar-refractivity contribution in [3.63, 3.8) is 0 Å². The SMILES string of the molecule is [N-]=[N+]=N[C@H]1CN[C@@H](C(=O)N[C@@H](CCCN=C(N)N[N+](=O)[O-])C(N)=O)C1. The van der Waals surface area contributed by atoms with E-state index in [2.05, 4.69) is 25.7 Å². The monoisotopic (exact) mass is 356 g/mol. The van der Waals surface area contributed by atoms with Crippen LogP contribution in [0.25, 0.3) is 10.4 Å². The highest BCUT2D eigenvalue weighted by molar-refractivity contribution is 5.89. The zero-order valence-electron chi connectivity index (χ0n) is 13.3. The number of azide groups is 1. The number of nitrogens with two attached hydrogens (primary N) is 2. The van der Waals surface area contributed by atoms with Crippen molar-refractivity contribution in [2.75, 3.05) is 13.1 Å². The molecule has 1 aliphatic rings. The van der Waals surface area contributed by atoms with Crippen LogP contribution < -0.4 is 27.5 Å². The van der Waals surface area contributed by atoms with Crippen LogP contribution in [-0.4, -0.2) is 54.0 Å². The largest absolute Gasteiger partial charge is 0.368 e. The molecule has 1 saturated heterocycles. The lowest BCUT2D eigenvalue weighted by molar-refractivity contribution is -0.525. The number of nitrogens with zero attached hydrogens (tertiary/aromatic N) is 5. The minimum absolute atomic E-state index is 0.118. The Morgan fingerprint density at radius 1 is 1.48 bits per heavy atom. The summed E-state index contributed by atoms with van der Waals surface area (Å²) < 4.78 is 0. The molecule has 138 valence electrons. The van der Waals surface area contributed by atoms with Crippen LogP contribution in [0.2, 0.25) is 0 Å². The summed E-state index contributed by atoms with van der Waals surface area (Å²) >= 11 is 0. The minimum Gasteiger partial charge on any atom is -0.368 e. The Morgan fingerprint density at radius 2 is 2.20 bits per heavy atom. The smallest absolute Gasteiger partial charge is 0.251 e.